The molecule has 0 unspecified atom stereocenters. The molecule has 1 fully saturated rings. The summed E-state index contributed by atoms with van der Waals surface area (Å²) in [5.74, 6) is 0.480. The van der Waals surface area contributed by atoms with Gasteiger partial charge in [-0.05, 0) is 6.92 Å². The lowest BCUT2D eigenvalue weighted by Gasteiger charge is -2.39. The minimum Gasteiger partial charge on any atom is -0.476 e. The van der Waals surface area contributed by atoms with Crippen molar-refractivity contribution in [3.8, 4) is 5.88 Å². The third-order valence-electron chi connectivity index (χ3n) is 3.68. The Hall–Kier alpha value is -2.48. The van der Waals surface area contributed by atoms with Crippen LogP contribution in [0.5, 0.6) is 5.88 Å². The van der Waals surface area contributed by atoms with Gasteiger partial charge in [-0.2, -0.15) is 4.98 Å². The fourth-order valence-electron chi connectivity index (χ4n) is 2.36. The molecule has 0 bridgehead atoms. The predicted octanol–water partition coefficient (Wildman–Crippen LogP) is 0.533. The molecule has 126 valence electrons. The molecule has 3 rings (SSSR count). The largest absolute Gasteiger partial charge is 0.476 e. The molecule has 0 atom stereocenters. The van der Waals surface area contributed by atoms with Gasteiger partial charge in [0.25, 0.3) is 5.56 Å². The van der Waals surface area contributed by atoms with E-state index in [-0.39, 0.29) is 29.1 Å². The Labute approximate surface area is 143 Å². The van der Waals surface area contributed by atoms with Crippen molar-refractivity contribution in [3.05, 3.63) is 46.0 Å². The van der Waals surface area contributed by atoms with Crippen molar-refractivity contribution in [2.24, 2.45) is 5.92 Å². The standard InChI is InChI=1S/C15H16ClN5O3/c1-10-2-14(22)21(9-18-10)7-15(23)20-5-11(6-20)8-24-13-4-17-3-12(16)19-13/h2-4,9,11H,5-8H2,1H3. The normalized spacial score (nSPS) is 14.3. The molecule has 0 aliphatic carbocycles. The maximum absolute atomic E-state index is 12.2. The van der Waals surface area contributed by atoms with Crippen molar-refractivity contribution in [2.45, 2.75) is 13.5 Å². The van der Waals surface area contributed by atoms with Crippen LogP contribution in [0, 0.1) is 12.8 Å². The Balaban J connectivity index is 1.46. The summed E-state index contributed by atoms with van der Waals surface area (Å²) < 4.78 is 6.81. The summed E-state index contributed by atoms with van der Waals surface area (Å²) in [6.07, 6.45) is 4.32. The topological polar surface area (TPSA) is 90.2 Å². The van der Waals surface area contributed by atoms with E-state index in [9.17, 15) is 9.59 Å². The van der Waals surface area contributed by atoms with Gasteiger partial charge in [-0.3, -0.25) is 19.1 Å². The zero-order valence-corrected chi connectivity index (χ0v) is 13.8. The average molecular weight is 350 g/mol. The molecule has 24 heavy (non-hydrogen) atoms. The van der Waals surface area contributed by atoms with Crippen molar-refractivity contribution in [1.82, 2.24) is 24.4 Å². The lowest BCUT2D eigenvalue weighted by atomic mass is 10.0. The Bertz CT molecular complexity index is 804. The van der Waals surface area contributed by atoms with Crippen molar-refractivity contribution in [2.75, 3.05) is 19.7 Å². The SMILES string of the molecule is Cc1cc(=O)n(CC(=O)N2CC(COc3cncc(Cl)n3)C2)cn1. The van der Waals surface area contributed by atoms with Crippen molar-refractivity contribution < 1.29 is 9.53 Å². The van der Waals surface area contributed by atoms with Gasteiger partial charge in [0.05, 0.1) is 25.3 Å². The molecule has 1 amide bonds. The second-order valence-electron chi connectivity index (χ2n) is 5.65. The molecule has 2 aromatic heterocycles. The third kappa shape index (κ3) is 3.88. The van der Waals surface area contributed by atoms with Crippen molar-refractivity contribution in [3.63, 3.8) is 0 Å². The Kier molecular flexibility index (Phi) is 4.75. The van der Waals surface area contributed by atoms with E-state index in [4.69, 9.17) is 16.3 Å². The van der Waals surface area contributed by atoms with Crippen LogP contribution in [0.25, 0.3) is 0 Å². The number of carbonyl (C=O) groups is 1. The van der Waals surface area contributed by atoms with Crippen LogP contribution in [0.15, 0.2) is 29.6 Å². The summed E-state index contributed by atoms with van der Waals surface area (Å²) in [7, 11) is 0. The summed E-state index contributed by atoms with van der Waals surface area (Å²) >= 11 is 5.73. The molecule has 1 saturated heterocycles. The van der Waals surface area contributed by atoms with E-state index in [1.54, 1.807) is 11.8 Å². The number of halogens is 1. The van der Waals surface area contributed by atoms with Crippen molar-refractivity contribution in [1.29, 1.82) is 0 Å². The maximum atomic E-state index is 12.2. The summed E-state index contributed by atoms with van der Waals surface area (Å²) in [5.41, 5.74) is 0.407. The van der Waals surface area contributed by atoms with E-state index < -0.39 is 0 Å². The number of amides is 1. The molecular weight excluding hydrogens is 334 g/mol. The van der Waals surface area contributed by atoms with Gasteiger partial charge in [0.15, 0.2) is 5.15 Å². The molecule has 1 aliphatic heterocycles. The van der Waals surface area contributed by atoms with Crippen LogP contribution in [0.3, 0.4) is 0 Å². The number of carbonyl (C=O) groups excluding carboxylic acids is 1. The van der Waals surface area contributed by atoms with E-state index in [1.807, 2.05) is 0 Å². The molecule has 0 radical (unpaired) electrons. The minimum absolute atomic E-state index is 0.000536. The van der Waals surface area contributed by atoms with Gasteiger partial charge in [0, 0.05) is 30.8 Å². The fraction of sp³-hybridized carbons (Fsp3) is 0.400. The molecule has 0 spiro atoms. The molecule has 9 heteroatoms. The second-order valence-corrected chi connectivity index (χ2v) is 6.04. The van der Waals surface area contributed by atoms with E-state index in [2.05, 4.69) is 15.0 Å². The van der Waals surface area contributed by atoms with E-state index in [1.165, 1.54) is 29.4 Å². The fourth-order valence-corrected chi connectivity index (χ4v) is 2.50. The van der Waals surface area contributed by atoms with Gasteiger partial charge in [0.1, 0.15) is 6.54 Å². The average Bonchev–Trinajstić information content (AvgIpc) is 2.48. The first-order valence-corrected chi connectivity index (χ1v) is 7.80. The number of likely N-dealkylation sites (tertiary alicyclic amines) is 1. The number of ether oxygens (including phenoxy) is 1. The van der Waals surface area contributed by atoms with Crippen LogP contribution < -0.4 is 10.3 Å². The second kappa shape index (κ2) is 6.96. The van der Waals surface area contributed by atoms with Gasteiger partial charge in [0.2, 0.25) is 11.8 Å². The molecular formula is C15H16ClN5O3. The van der Waals surface area contributed by atoms with Gasteiger partial charge in [-0.25, -0.2) is 4.98 Å². The number of aryl methyl sites for hydroxylation is 1. The quantitative estimate of drug-likeness (QED) is 0.782. The lowest BCUT2D eigenvalue weighted by molar-refractivity contribution is -0.138. The third-order valence-corrected chi connectivity index (χ3v) is 3.86. The highest BCUT2D eigenvalue weighted by Gasteiger charge is 2.31. The van der Waals surface area contributed by atoms with Crippen LogP contribution in [-0.4, -0.2) is 50.0 Å². The van der Waals surface area contributed by atoms with Crippen LogP contribution in [-0.2, 0) is 11.3 Å². The molecule has 2 aromatic rings. The van der Waals surface area contributed by atoms with Crippen LogP contribution in [0.2, 0.25) is 5.15 Å². The van der Waals surface area contributed by atoms with Crippen LogP contribution in [0.1, 0.15) is 5.69 Å². The number of aromatic nitrogens is 4. The number of hydrogen-bond donors (Lipinski definition) is 0. The highest BCUT2D eigenvalue weighted by molar-refractivity contribution is 6.29. The lowest BCUT2D eigenvalue weighted by Crippen LogP contribution is -2.53. The maximum Gasteiger partial charge on any atom is 0.253 e. The Morgan fingerprint density at radius 3 is 2.92 bits per heavy atom. The van der Waals surface area contributed by atoms with E-state index >= 15 is 0 Å². The minimum atomic E-state index is -0.226. The summed E-state index contributed by atoms with van der Waals surface area (Å²) in [5, 5.41) is 0.273. The van der Waals surface area contributed by atoms with Crippen LogP contribution >= 0.6 is 11.6 Å². The van der Waals surface area contributed by atoms with E-state index in [0.717, 1.165) is 0 Å². The number of nitrogens with zero attached hydrogens (tertiary/aromatic N) is 5. The first kappa shape index (κ1) is 16.4. The zero-order chi connectivity index (χ0) is 17.1. The zero-order valence-electron chi connectivity index (χ0n) is 13.1. The van der Waals surface area contributed by atoms with Gasteiger partial charge in [-0.15, -0.1) is 0 Å². The summed E-state index contributed by atoms with van der Waals surface area (Å²) in [6, 6.07) is 1.41. The smallest absolute Gasteiger partial charge is 0.253 e. The van der Waals surface area contributed by atoms with Gasteiger partial charge >= 0.3 is 0 Å². The monoisotopic (exact) mass is 349 g/mol. The number of hydrogen-bond acceptors (Lipinski definition) is 6. The molecule has 8 nitrogen and oxygen atoms in total. The van der Waals surface area contributed by atoms with Gasteiger partial charge in [-0.1, -0.05) is 11.6 Å². The molecule has 1 aliphatic rings. The molecule has 0 saturated carbocycles. The summed E-state index contributed by atoms with van der Waals surface area (Å²) in [4.78, 5) is 37.5. The Morgan fingerprint density at radius 2 is 2.21 bits per heavy atom. The highest BCUT2D eigenvalue weighted by Crippen LogP contribution is 2.18. The first-order valence-electron chi connectivity index (χ1n) is 7.42. The summed E-state index contributed by atoms with van der Waals surface area (Å²) in [6.45, 7) is 3.34. The number of rotatable bonds is 5. The van der Waals surface area contributed by atoms with E-state index in [0.29, 0.717) is 31.3 Å². The van der Waals surface area contributed by atoms with Gasteiger partial charge < -0.3 is 9.64 Å². The highest BCUT2D eigenvalue weighted by atomic mass is 35.5. The molecule has 0 N–H and O–H groups in total. The predicted molar refractivity (Wildman–Crippen MR) is 85.8 cm³/mol. The van der Waals surface area contributed by atoms with Crippen LogP contribution in [0.4, 0.5) is 0 Å². The Morgan fingerprint density at radius 1 is 1.42 bits per heavy atom. The molecule has 3 heterocycles. The molecule has 0 aromatic carbocycles. The van der Waals surface area contributed by atoms with Crippen molar-refractivity contribution >= 4 is 17.5 Å². The first-order chi connectivity index (χ1) is 11.5.